The topological polar surface area (TPSA) is 54.0 Å². The second kappa shape index (κ2) is 9.67. The van der Waals surface area contributed by atoms with Crippen molar-refractivity contribution in [3.63, 3.8) is 0 Å². The predicted molar refractivity (Wildman–Crippen MR) is 83.0 cm³/mol. The molecule has 1 rings (SSSR count). The number of hydrogen-bond acceptors (Lipinski definition) is 4. The van der Waals surface area contributed by atoms with E-state index in [1.807, 2.05) is 11.8 Å². The summed E-state index contributed by atoms with van der Waals surface area (Å²) in [5, 5.41) is 6.19. The largest absolute Gasteiger partial charge is 0.383 e. The third-order valence-corrected chi connectivity index (χ3v) is 3.39. The molecule has 0 saturated carbocycles. The highest BCUT2D eigenvalue weighted by atomic mass is 32.2. The van der Waals surface area contributed by atoms with Gasteiger partial charge in [-0.3, -0.25) is 9.78 Å². The van der Waals surface area contributed by atoms with Gasteiger partial charge in [-0.15, -0.1) is 0 Å². The van der Waals surface area contributed by atoms with Gasteiger partial charge >= 0.3 is 0 Å². The van der Waals surface area contributed by atoms with E-state index in [0.717, 1.165) is 43.8 Å². The summed E-state index contributed by atoms with van der Waals surface area (Å²) < 4.78 is 0. The number of rotatable bonds is 9. The molecule has 2 N–H and O–H groups in total. The van der Waals surface area contributed by atoms with Gasteiger partial charge in [0.15, 0.2) is 0 Å². The number of hydrogen-bond donors (Lipinski definition) is 2. The molecular weight excluding hydrogens is 258 g/mol. The van der Waals surface area contributed by atoms with E-state index in [-0.39, 0.29) is 5.91 Å². The predicted octanol–water partition coefficient (Wildman–Crippen LogP) is 2.78. The first-order chi connectivity index (χ1) is 9.29. The van der Waals surface area contributed by atoms with Gasteiger partial charge in [-0.25, -0.2) is 0 Å². The number of pyridine rings is 1. The van der Waals surface area contributed by atoms with E-state index in [9.17, 15) is 4.79 Å². The lowest BCUT2D eigenvalue weighted by Crippen LogP contribution is -2.25. The number of amides is 1. The van der Waals surface area contributed by atoms with Crippen LogP contribution in [0.4, 0.5) is 5.69 Å². The smallest absolute Gasteiger partial charge is 0.253 e. The number of carbonyl (C=O) groups excluding carboxylic acids is 1. The second-order valence-corrected chi connectivity index (χ2v) is 5.29. The quantitative estimate of drug-likeness (QED) is 0.683. The van der Waals surface area contributed by atoms with Crippen LogP contribution in [0.5, 0.6) is 0 Å². The fourth-order valence-corrected chi connectivity index (χ4v) is 2.15. The van der Waals surface area contributed by atoms with Gasteiger partial charge < -0.3 is 10.6 Å². The normalized spacial score (nSPS) is 10.2. The molecule has 1 aromatic rings. The molecule has 0 saturated heterocycles. The van der Waals surface area contributed by atoms with Gasteiger partial charge in [0, 0.05) is 19.3 Å². The molecule has 5 heteroatoms. The average Bonchev–Trinajstić information content (AvgIpc) is 2.45. The summed E-state index contributed by atoms with van der Waals surface area (Å²) in [6, 6.07) is 1.76. The van der Waals surface area contributed by atoms with Crippen LogP contribution in [-0.4, -0.2) is 36.0 Å². The molecule has 4 nitrogen and oxygen atoms in total. The Labute approximate surface area is 119 Å². The van der Waals surface area contributed by atoms with Gasteiger partial charge in [0.2, 0.25) is 0 Å². The Morgan fingerprint density at radius 1 is 1.37 bits per heavy atom. The molecule has 0 atom stereocenters. The minimum absolute atomic E-state index is 0.0230. The Morgan fingerprint density at radius 3 is 2.95 bits per heavy atom. The Bertz CT molecular complexity index is 385. The molecule has 0 aliphatic carbocycles. The second-order valence-electron chi connectivity index (χ2n) is 4.30. The minimum Gasteiger partial charge on any atom is -0.383 e. The van der Waals surface area contributed by atoms with Crippen LogP contribution < -0.4 is 10.6 Å². The highest BCUT2D eigenvalue weighted by Gasteiger charge is 2.10. The van der Waals surface area contributed by atoms with Crippen molar-refractivity contribution in [1.29, 1.82) is 0 Å². The van der Waals surface area contributed by atoms with E-state index < -0.39 is 0 Å². The highest BCUT2D eigenvalue weighted by molar-refractivity contribution is 7.98. The van der Waals surface area contributed by atoms with E-state index in [4.69, 9.17) is 0 Å². The molecule has 0 radical (unpaired) electrons. The van der Waals surface area contributed by atoms with Gasteiger partial charge in [0.05, 0.1) is 17.4 Å². The number of carbonyl (C=O) groups is 1. The first-order valence-electron chi connectivity index (χ1n) is 6.74. The van der Waals surface area contributed by atoms with Crippen LogP contribution in [-0.2, 0) is 0 Å². The lowest BCUT2D eigenvalue weighted by Gasteiger charge is -2.11. The van der Waals surface area contributed by atoms with Crippen molar-refractivity contribution in [1.82, 2.24) is 10.3 Å². The molecule has 0 bridgehead atoms. The van der Waals surface area contributed by atoms with Crippen LogP contribution >= 0.6 is 11.8 Å². The zero-order valence-corrected chi connectivity index (χ0v) is 12.6. The maximum Gasteiger partial charge on any atom is 0.253 e. The number of nitrogens with one attached hydrogen (secondary N) is 2. The summed E-state index contributed by atoms with van der Waals surface area (Å²) in [6.07, 6.45) is 8.64. The van der Waals surface area contributed by atoms with Crippen LogP contribution in [0.3, 0.4) is 0 Å². The van der Waals surface area contributed by atoms with Crippen LogP contribution in [0.15, 0.2) is 18.5 Å². The number of aromatic nitrogens is 1. The van der Waals surface area contributed by atoms with E-state index in [1.54, 1.807) is 18.5 Å². The summed E-state index contributed by atoms with van der Waals surface area (Å²) in [6.45, 7) is 3.67. The zero-order valence-electron chi connectivity index (χ0n) is 11.7. The molecule has 0 fully saturated rings. The first-order valence-corrected chi connectivity index (χ1v) is 8.14. The van der Waals surface area contributed by atoms with Crippen molar-refractivity contribution in [3.05, 3.63) is 24.0 Å². The van der Waals surface area contributed by atoms with E-state index in [0.29, 0.717) is 5.56 Å². The molecule has 1 aromatic heterocycles. The maximum absolute atomic E-state index is 12.1. The lowest BCUT2D eigenvalue weighted by molar-refractivity contribution is 0.0954. The number of anilines is 1. The van der Waals surface area contributed by atoms with Gasteiger partial charge in [0.25, 0.3) is 5.91 Å². The first kappa shape index (κ1) is 15.8. The lowest BCUT2D eigenvalue weighted by atomic mass is 10.2. The van der Waals surface area contributed by atoms with Crippen LogP contribution in [0, 0.1) is 0 Å². The molecule has 1 heterocycles. The summed E-state index contributed by atoms with van der Waals surface area (Å²) in [4.78, 5) is 16.1. The Hall–Kier alpha value is -1.23. The zero-order chi connectivity index (χ0) is 13.9. The fraction of sp³-hybridized carbons (Fsp3) is 0.571. The van der Waals surface area contributed by atoms with Crippen molar-refractivity contribution >= 4 is 23.4 Å². The maximum atomic E-state index is 12.1. The van der Waals surface area contributed by atoms with Crippen molar-refractivity contribution in [2.24, 2.45) is 0 Å². The van der Waals surface area contributed by atoms with Crippen LogP contribution in [0.1, 0.15) is 36.5 Å². The van der Waals surface area contributed by atoms with Gasteiger partial charge in [-0.05, 0) is 37.3 Å². The van der Waals surface area contributed by atoms with Gasteiger partial charge in [-0.1, -0.05) is 6.92 Å². The molecule has 0 aromatic carbocycles. The van der Waals surface area contributed by atoms with Crippen molar-refractivity contribution in [3.8, 4) is 0 Å². The van der Waals surface area contributed by atoms with Crippen molar-refractivity contribution < 1.29 is 4.79 Å². The molecule has 0 aliphatic rings. The van der Waals surface area contributed by atoms with Gasteiger partial charge in [0.1, 0.15) is 0 Å². The van der Waals surface area contributed by atoms with E-state index in [2.05, 4.69) is 28.8 Å². The monoisotopic (exact) mass is 281 g/mol. The average molecular weight is 281 g/mol. The van der Waals surface area contributed by atoms with Crippen molar-refractivity contribution in [2.75, 3.05) is 30.4 Å². The third-order valence-electron chi connectivity index (χ3n) is 2.69. The molecule has 0 spiro atoms. The summed E-state index contributed by atoms with van der Waals surface area (Å²) in [7, 11) is 0. The molecule has 1 amide bonds. The Kier molecular flexibility index (Phi) is 8.05. The van der Waals surface area contributed by atoms with Crippen LogP contribution in [0.25, 0.3) is 0 Å². The van der Waals surface area contributed by atoms with Crippen LogP contribution in [0.2, 0.25) is 0 Å². The number of thioether (sulfide) groups is 1. The summed E-state index contributed by atoms with van der Waals surface area (Å²) in [5.74, 6) is 1.12. The molecule has 0 aliphatic heterocycles. The third kappa shape index (κ3) is 5.96. The Balaban J connectivity index is 2.46. The fourth-order valence-electron chi connectivity index (χ4n) is 1.66. The summed E-state index contributed by atoms with van der Waals surface area (Å²) >= 11 is 1.84. The molecular formula is C14H23N3OS. The molecule has 19 heavy (non-hydrogen) atoms. The van der Waals surface area contributed by atoms with E-state index >= 15 is 0 Å². The minimum atomic E-state index is -0.0230. The van der Waals surface area contributed by atoms with Gasteiger partial charge in [-0.2, -0.15) is 11.8 Å². The highest BCUT2D eigenvalue weighted by Crippen LogP contribution is 2.13. The molecule has 106 valence electrons. The van der Waals surface area contributed by atoms with Crippen molar-refractivity contribution in [2.45, 2.75) is 26.2 Å². The number of unbranched alkanes of at least 4 members (excludes halogenated alkanes) is 1. The summed E-state index contributed by atoms with van der Waals surface area (Å²) in [5.41, 5.74) is 1.49. The Morgan fingerprint density at radius 2 is 2.21 bits per heavy atom. The van der Waals surface area contributed by atoms with E-state index in [1.165, 1.54) is 0 Å². The SMILES string of the molecule is CCCNc1cnccc1C(=O)NCCCCSC. The standard InChI is InChI=1S/C14H23N3OS/c1-3-7-16-13-11-15-9-6-12(13)14(18)17-8-4-5-10-19-2/h6,9,11,16H,3-5,7-8,10H2,1-2H3,(H,17,18). The molecule has 0 unspecified atom stereocenters. The number of nitrogens with zero attached hydrogens (tertiary/aromatic N) is 1.